The average Bonchev–Trinajstić information content (AvgIpc) is 3.24. The van der Waals surface area contributed by atoms with Gasteiger partial charge in [0.2, 0.25) is 11.8 Å². The highest BCUT2D eigenvalue weighted by atomic mass is 19.4. The average molecular weight is 616 g/mol. The van der Waals surface area contributed by atoms with E-state index in [1.807, 2.05) is 53.4 Å². The van der Waals surface area contributed by atoms with Gasteiger partial charge in [0.25, 0.3) is 0 Å². The van der Waals surface area contributed by atoms with E-state index in [1.165, 1.54) is 10.5 Å². The van der Waals surface area contributed by atoms with E-state index in [9.17, 15) is 27.6 Å². The highest BCUT2D eigenvalue weighted by Crippen LogP contribution is 2.40. The third kappa shape index (κ3) is 6.80. The maximum Gasteiger partial charge on any atom is 0.410 e. The smallest absolute Gasteiger partial charge is 0.410 e. The number of hydrogen-bond acceptors (Lipinski definition) is 6. The molecule has 12 heteroatoms. The first-order chi connectivity index (χ1) is 20.8. The minimum atomic E-state index is -4.76. The molecule has 0 N–H and O–H groups in total. The van der Waals surface area contributed by atoms with Gasteiger partial charge in [-0.2, -0.15) is 13.2 Å². The summed E-state index contributed by atoms with van der Waals surface area (Å²) in [4.78, 5) is 47.7. The number of piperazine rings is 1. The van der Waals surface area contributed by atoms with E-state index in [-0.39, 0.29) is 32.2 Å². The van der Waals surface area contributed by atoms with Gasteiger partial charge in [0, 0.05) is 38.4 Å². The molecule has 3 amide bonds. The maximum atomic E-state index is 14.1. The lowest BCUT2D eigenvalue weighted by Crippen LogP contribution is -2.63. The molecular weight excluding hydrogens is 575 g/mol. The number of rotatable bonds is 5. The third-order valence-electron chi connectivity index (χ3n) is 8.58. The standard InChI is InChI=1S/C32H40F3N5O4/c1-30(2,3)44-29(43)39-19-18-37(21-26(39)32(33,34)35)27(41)22-38-23-40(25-12-8-5-9-13-25)31(28(38)42)14-16-36(17-15-31)20-24-10-6-4-7-11-24/h4-13,26H,14-23H2,1-3H3. The fraction of sp³-hybridized carbons (Fsp3) is 0.531. The highest BCUT2D eigenvalue weighted by molar-refractivity contribution is 5.96. The van der Waals surface area contributed by atoms with E-state index in [4.69, 9.17) is 4.74 Å². The van der Waals surface area contributed by atoms with Crippen molar-refractivity contribution in [1.82, 2.24) is 19.6 Å². The third-order valence-corrected chi connectivity index (χ3v) is 8.58. The van der Waals surface area contributed by atoms with Gasteiger partial charge in [0.15, 0.2) is 0 Å². The monoisotopic (exact) mass is 615 g/mol. The minimum absolute atomic E-state index is 0.0886. The van der Waals surface area contributed by atoms with E-state index in [0.29, 0.717) is 30.8 Å². The second-order valence-corrected chi connectivity index (χ2v) is 12.8. The number of carbonyl (C=O) groups excluding carboxylic acids is 3. The molecule has 44 heavy (non-hydrogen) atoms. The Bertz CT molecular complexity index is 1330. The van der Waals surface area contributed by atoms with Crippen LogP contribution in [0.3, 0.4) is 0 Å². The molecule has 0 bridgehead atoms. The van der Waals surface area contributed by atoms with Crippen molar-refractivity contribution in [2.24, 2.45) is 0 Å². The molecule has 9 nitrogen and oxygen atoms in total. The lowest BCUT2D eigenvalue weighted by Gasteiger charge is -2.43. The van der Waals surface area contributed by atoms with Gasteiger partial charge in [0.05, 0.1) is 13.2 Å². The fourth-order valence-electron chi connectivity index (χ4n) is 6.34. The first-order valence-electron chi connectivity index (χ1n) is 15.0. The predicted molar refractivity (Wildman–Crippen MR) is 159 cm³/mol. The van der Waals surface area contributed by atoms with Crippen LogP contribution < -0.4 is 4.90 Å². The maximum absolute atomic E-state index is 14.1. The van der Waals surface area contributed by atoms with E-state index in [2.05, 4.69) is 17.0 Å². The molecule has 3 saturated heterocycles. The van der Waals surface area contributed by atoms with Crippen LogP contribution in [0.25, 0.3) is 0 Å². The summed E-state index contributed by atoms with van der Waals surface area (Å²) < 4.78 is 47.4. The predicted octanol–water partition coefficient (Wildman–Crippen LogP) is 4.34. The molecule has 2 aromatic carbocycles. The van der Waals surface area contributed by atoms with Crippen LogP contribution in [0.5, 0.6) is 0 Å². The Hall–Kier alpha value is -3.80. The van der Waals surface area contributed by atoms with Crippen LogP contribution in [-0.2, 0) is 20.9 Å². The van der Waals surface area contributed by atoms with Gasteiger partial charge in [-0.15, -0.1) is 0 Å². The van der Waals surface area contributed by atoms with Gasteiger partial charge < -0.3 is 19.4 Å². The zero-order chi connectivity index (χ0) is 31.7. The van der Waals surface area contributed by atoms with Crippen molar-refractivity contribution in [3.05, 3.63) is 66.2 Å². The molecule has 3 heterocycles. The molecule has 0 aliphatic carbocycles. The lowest BCUT2D eigenvalue weighted by atomic mass is 9.85. The van der Waals surface area contributed by atoms with Crippen molar-refractivity contribution in [3.63, 3.8) is 0 Å². The van der Waals surface area contributed by atoms with Gasteiger partial charge in [-0.05, 0) is 51.3 Å². The molecule has 2 aromatic rings. The molecule has 3 fully saturated rings. The Morgan fingerprint density at radius 3 is 2.11 bits per heavy atom. The van der Waals surface area contributed by atoms with Crippen molar-refractivity contribution in [2.45, 2.75) is 63.5 Å². The number of halogens is 3. The number of para-hydroxylation sites is 1. The first-order valence-corrected chi connectivity index (χ1v) is 15.0. The van der Waals surface area contributed by atoms with E-state index < -0.39 is 41.9 Å². The number of ether oxygens (including phenoxy) is 1. The summed E-state index contributed by atoms with van der Waals surface area (Å²) in [5.74, 6) is -0.767. The van der Waals surface area contributed by atoms with Crippen LogP contribution in [0.1, 0.15) is 39.2 Å². The Morgan fingerprint density at radius 1 is 0.909 bits per heavy atom. The quantitative estimate of drug-likeness (QED) is 0.499. The Morgan fingerprint density at radius 2 is 1.52 bits per heavy atom. The van der Waals surface area contributed by atoms with Gasteiger partial charge in [0.1, 0.15) is 23.7 Å². The fourth-order valence-corrected chi connectivity index (χ4v) is 6.34. The van der Waals surface area contributed by atoms with Crippen LogP contribution >= 0.6 is 0 Å². The zero-order valence-electron chi connectivity index (χ0n) is 25.4. The van der Waals surface area contributed by atoms with Crippen LogP contribution in [0.2, 0.25) is 0 Å². The molecular formula is C32H40F3N5O4. The summed E-state index contributed by atoms with van der Waals surface area (Å²) in [5.41, 5.74) is 0.237. The number of amides is 3. The zero-order valence-corrected chi connectivity index (χ0v) is 25.4. The van der Waals surface area contributed by atoms with E-state index in [1.54, 1.807) is 20.8 Å². The highest BCUT2D eigenvalue weighted by Gasteiger charge is 2.55. The minimum Gasteiger partial charge on any atom is -0.444 e. The summed E-state index contributed by atoms with van der Waals surface area (Å²) in [5, 5.41) is 0. The lowest BCUT2D eigenvalue weighted by molar-refractivity contribution is -0.194. The molecule has 3 aliphatic heterocycles. The Balaban J connectivity index is 1.29. The number of likely N-dealkylation sites (tertiary alicyclic amines) is 1. The summed E-state index contributed by atoms with van der Waals surface area (Å²) in [6.45, 7) is 5.58. The molecule has 0 saturated carbocycles. The van der Waals surface area contributed by atoms with E-state index >= 15 is 0 Å². The van der Waals surface area contributed by atoms with Gasteiger partial charge in [-0.3, -0.25) is 19.4 Å². The van der Waals surface area contributed by atoms with Crippen molar-refractivity contribution in [2.75, 3.05) is 50.8 Å². The Kier molecular flexibility index (Phi) is 8.84. The molecule has 1 unspecified atom stereocenters. The number of nitrogens with zero attached hydrogens (tertiary/aromatic N) is 5. The molecule has 1 spiro atoms. The van der Waals surface area contributed by atoms with Crippen LogP contribution in [0.4, 0.5) is 23.7 Å². The number of alkyl halides is 3. The van der Waals surface area contributed by atoms with Crippen LogP contribution in [-0.4, -0.2) is 107 Å². The topological polar surface area (TPSA) is 76.6 Å². The number of benzene rings is 2. The normalized spacial score (nSPS) is 21.2. The van der Waals surface area contributed by atoms with Gasteiger partial charge in [-0.1, -0.05) is 48.5 Å². The number of hydrogen-bond donors (Lipinski definition) is 0. The van der Waals surface area contributed by atoms with Crippen molar-refractivity contribution in [3.8, 4) is 0 Å². The first kappa shape index (κ1) is 31.6. The molecule has 0 radical (unpaired) electrons. The molecule has 1 atom stereocenters. The summed E-state index contributed by atoms with van der Waals surface area (Å²) >= 11 is 0. The van der Waals surface area contributed by atoms with Crippen molar-refractivity contribution >= 4 is 23.6 Å². The summed E-state index contributed by atoms with van der Waals surface area (Å²) in [6.07, 6.45) is -4.71. The SMILES string of the molecule is CC(C)(C)OC(=O)N1CCN(C(=O)CN2CN(c3ccccc3)C3(CCN(Cc4ccccc4)CC3)C2=O)CC1C(F)(F)F. The summed E-state index contributed by atoms with van der Waals surface area (Å²) in [6, 6.07) is 17.5. The second kappa shape index (κ2) is 12.3. The molecule has 238 valence electrons. The van der Waals surface area contributed by atoms with Gasteiger partial charge >= 0.3 is 12.3 Å². The summed E-state index contributed by atoms with van der Waals surface area (Å²) in [7, 11) is 0. The second-order valence-electron chi connectivity index (χ2n) is 12.8. The molecule has 3 aliphatic rings. The van der Waals surface area contributed by atoms with Crippen molar-refractivity contribution in [1.29, 1.82) is 0 Å². The Labute approximate surface area is 256 Å². The van der Waals surface area contributed by atoms with Crippen LogP contribution in [0, 0.1) is 0 Å². The van der Waals surface area contributed by atoms with Crippen molar-refractivity contribution < 1.29 is 32.3 Å². The number of piperidine rings is 1. The van der Waals surface area contributed by atoms with Crippen LogP contribution in [0.15, 0.2) is 60.7 Å². The molecule has 0 aromatic heterocycles. The van der Waals surface area contributed by atoms with Gasteiger partial charge in [-0.25, -0.2) is 4.79 Å². The number of anilines is 1. The van der Waals surface area contributed by atoms with E-state index in [0.717, 1.165) is 17.1 Å². The number of carbonyl (C=O) groups is 3. The molecule has 5 rings (SSSR count). The largest absolute Gasteiger partial charge is 0.444 e.